The molecule has 0 spiro atoms. The number of benzene rings is 2. The number of anilines is 1. The van der Waals surface area contributed by atoms with Gasteiger partial charge in [0.1, 0.15) is 11.6 Å². The van der Waals surface area contributed by atoms with Gasteiger partial charge in [-0.15, -0.1) is 0 Å². The quantitative estimate of drug-likeness (QED) is 0.919. The summed E-state index contributed by atoms with van der Waals surface area (Å²) in [6.45, 7) is 0. The second-order valence-corrected chi connectivity index (χ2v) is 4.96. The molecule has 0 aliphatic carbocycles. The Labute approximate surface area is 129 Å². The lowest BCUT2D eigenvalue weighted by molar-refractivity contribution is 0.102. The maximum absolute atomic E-state index is 13.8. The molecule has 0 aliphatic rings. The second-order valence-electron chi connectivity index (χ2n) is 4.11. The molecule has 0 aromatic heterocycles. The number of carbonyl (C=O) groups is 1. The summed E-state index contributed by atoms with van der Waals surface area (Å²) < 4.78 is 19.4. The fraction of sp³-hybridized carbons (Fsp3) is 0.0667. The summed E-state index contributed by atoms with van der Waals surface area (Å²) >= 11 is 3.26. The van der Waals surface area contributed by atoms with Gasteiger partial charge in [-0.3, -0.25) is 4.79 Å². The van der Waals surface area contributed by atoms with Gasteiger partial charge >= 0.3 is 0 Å². The molecule has 0 aliphatic heterocycles. The van der Waals surface area contributed by atoms with E-state index in [1.807, 2.05) is 6.07 Å². The Morgan fingerprint density at radius 1 is 1.33 bits per heavy atom. The minimum atomic E-state index is -0.665. The largest absolute Gasteiger partial charge is 0.497 e. The van der Waals surface area contributed by atoms with Gasteiger partial charge in [0.15, 0.2) is 0 Å². The smallest absolute Gasteiger partial charge is 0.257 e. The molecule has 0 unspecified atom stereocenters. The van der Waals surface area contributed by atoms with Crippen molar-refractivity contribution in [2.75, 3.05) is 12.4 Å². The molecule has 0 fully saturated rings. The molecule has 0 heterocycles. The predicted molar refractivity (Wildman–Crippen MR) is 79.8 cm³/mol. The molecule has 4 nitrogen and oxygen atoms in total. The number of methoxy groups -OCH3 is 1. The van der Waals surface area contributed by atoms with Gasteiger partial charge in [-0.25, -0.2) is 4.39 Å². The third kappa shape index (κ3) is 3.38. The molecule has 0 atom stereocenters. The SMILES string of the molecule is COc1ccc(Br)c(C(=O)Nc2ccc(C#N)cc2F)c1. The molecule has 1 N–H and O–H groups in total. The fourth-order valence-corrected chi connectivity index (χ4v) is 2.11. The molecule has 0 radical (unpaired) electrons. The number of ether oxygens (including phenoxy) is 1. The van der Waals surface area contributed by atoms with Gasteiger partial charge in [0.2, 0.25) is 0 Å². The molecule has 2 aromatic carbocycles. The highest BCUT2D eigenvalue weighted by atomic mass is 79.9. The molecule has 0 bridgehead atoms. The first-order chi connectivity index (χ1) is 10.0. The van der Waals surface area contributed by atoms with Crippen LogP contribution < -0.4 is 10.1 Å². The minimum absolute atomic E-state index is 0.00807. The Bertz CT molecular complexity index is 741. The van der Waals surface area contributed by atoms with Crippen LogP contribution in [0.2, 0.25) is 0 Å². The van der Waals surface area contributed by atoms with Gasteiger partial charge in [0, 0.05) is 4.47 Å². The Balaban J connectivity index is 2.28. The summed E-state index contributed by atoms with van der Waals surface area (Å²) in [5.41, 5.74) is 0.514. The summed E-state index contributed by atoms with van der Waals surface area (Å²) in [6.07, 6.45) is 0. The van der Waals surface area contributed by atoms with Crippen LogP contribution in [0.5, 0.6) is 5.75 Å². The summed E-state index contributed by atoms with van der Waals surface area (Å²) in [6, 6.07) is 10.6. The molecule has 21 heavy (non-hydrogen) atoms. The number of nitriles is 1. The normalized spacial score (nSPS) is 9.81. The van der Waals surface area contributed by atoms with Crippen LogP contribution in [0.25, 0.3) is 0 Å². The van der Waals surface area contributed by atoms with E-state index >= 15 is 0 Å². The first-order valence-electron chi connectivity index (χ1n) is 5.89. The van der Waals surface area contributed by atoms with Crippen LogP contribution in [0.4, 0.5) is 10.1 Å². The number of rotatable bonds is 3. The van der Waals surface area contributed by atoms with Gasteiger partial charge in [-0.1, -0.05) is 0 Å². The predicted octanol–water partition coefficient (Wildman–Crippen LogP) is 3.72. The molecule has 2 aromatic rings. The third-order valence-electron chi connectivity index (χ3n) is 2.76. The number of nitrogens with zero attached hydrogens (tertiary/aromatic N) is 1. The number of hydrogen-bond acceptors (Lipinski definition) is 3. The molecule has 2 rings (SSSR count). The average Bonchev–Trinajstić information content (AvgIpc) is 2.49. The van der Waals surface area contributed by atoms with Crippen LogP contribution in [0.3, 0.4) is 0 Å². The van der Waals surface area contributed by atoms with E-state index < -0.39 is 11.7 Å². The van der Waals surface area contributed by atoms with Crippen molar-refractivity contribution in [2.45, 2.75) is 0 Å². The summed E-state index contributed by atoms with van der Waals surface area (Å²) in [4.78, 5) is 12.2. The van der Waals surface area contributed by atoms with E-state index in [9.17, 15) is 9.18 Å². The van der Waals surface area contributed by atoms with Crippen molar-refractivity contribution in [3.63, 3.8) is 0 Å². The molecule has 0 saturated heterocycles. The van der Waals surface area contributed by atoms with Gasteiger partial charge in [-0.05, 0) is 52.3 Å². The van der Waals surface area contributed by atoms with E-state index in [0.717, 1.165) is 6.07 Å². The highest BCUT2D eigenvalue weighted by Gasteiger charge is 2.14. The van der Waals surface area contributed by atoms with Gasteiger partial charge in [-0.2, -0.15) is 5.26 Å². The summed E-state index contributed by atoms with van der Waals surface area (Å²) in [7, 11) is 1.49. The number of halogens is 2. The van der Waals surface area contributed by atoms with E-state index in [2.05, 4.69) is 21.2 Å². The number of nitrogens with one attached hydrogen (secondary N) is 1. The van der Waals surface area contributed by atoms with Crippen molar-refractivity contribution < 1.29 is 13.9 Å². The Morgan fingerprint density at radius 3 is 2.71 bits per heavy atom. The highest BCUT2D eigenvalue weighted by molar-refractivity contribution is 9.10. The Kier molecular flexibility index (Phi) is 4.55. The zero-order valence-electron chi connectivity index (χ0n) is 11.0. The lowest BCUT2D eigenvalue weighted by Gasteiger charge is -2.09. The van der Waals surface area contributed by atoms with E-state index in [1.54, 1.807) is 18.2 Å². The van der Waals surface area contributed by atoms with Crippen molar-refractivity contribution in [3.05, 3.63) is 57.8 Å². The van der Waals surface area contributed by atoms with Crippen LogP contribution in [-0.2, 0) is 0 Å². The molecule has 106 valence electrons. The lowest BCUT2D eigenvalue weighted by Crippen LogP contribution is -2.14. The van der Waals surface area contributed by atoms with Gasteiger partial charge < -0.3 is 10.1 Å². The van der Waals surface area contributed by atoms with Crippen molar-refractivity contribution in [3.8, 4) is 11.8 Å². The minimum Gasteiger partial charge on any atom is -0.497 e. The zero-order valence-corrected chi connectivity index (χ0v) is 12.6. The zero-order chi connectivity index (χ0) is 15.4. The van der Waals surface area contributed by atoms with Crippen LogP contribution in [-0.4, -0.2) is 13.0 Å². The Morgan fingerprint density at radius 2 is 2.10 bits per heavy atom. The second kappa shape index (κ2) is 6.37. The van der Waals surface area contributed by atoms with Crippen LogP contribution in [0, 0.1) is 17.1 Å². The number of hydrogen-bond donors (Lipinski definition) is 1. The molecule has 6 heteroatoms. The third-order valence-corrected chi connectivity index (χ3v) is 3.46. The Hall–Kier alpha value is -2.39. The van der Waals surface area contributed by atoms with Crippen molar-refractivity contribution in [1.82, 2.24) is 0 Å². The van der Waals surface area contributed by atoms with Crippen LogP contribution in [0.15, 0.2) is 40.9 Å². The summed E-state index contributed by atoms with van der Waals surface area (Å²) in [5, 5.41) is 11.1. The number of amides is 1. The van der Waals surface area contributed by atoms with E-state index in [1.165, 1.54) is 19.2 Å². The topological polar surface area (TPSA) is 62.1 Å². The molecule has 1 amide bonds. The van der Waals surface area contributed by atoms with E-state index in [4.69, 9.17) is 10.00 Å². The number of carbonyl (C=O) groups excluding carboxylic acids is 1. The monoisotopic (exact) mass is 348 g/mol. The molecular weight excluding hydrogens is 339 g/mol. The van der Waals surface area contributed by atoms with Crippen molar-refractivity contribution in [1.29, 1.82) is 5.26 Å². The first-order valence-corrected chi connectivity index (χ1v) is 6.69. The standard InChI is InChI=1S/C15H10BrFN2O2/c1-21-10-3-4-12(16)11(7-10)15(20)19-14-5-2-9(8-18)6-13(14)17/h2-7H,1H3,(H,19,20). The van der Waals surface area contributed by atoms with Crippen LogP contribution >= 0.6 is 15.9 Å². The van der Waals surface area contributed by atoms with Crippen LogP contribution in [0.1, 0.15) is 15.9 Å². The van der Waals surface area contributed by atoms with Crippen molar-refractivity contribution >= 4 is 27.5 Å². The van der Waals surface area contributed by atoms with Crippen molar-refractivity contribution in [2.24, 2.45) is 0 Å². The molecule has 0 saturated carbocycles. The first kappa shape index (κ1) is 15.0. The maximum atomic E-state index is 13.8. The average molecular weight is 349 g/mol. The molecular formula is C15H10BrFN2O2. The maximum Gasteiger partial charge on any atom is 0.257 e. The fourth-order valence-electron chi connectivity index (χ4n) is 1.68. The highest BCUT2D eigenvalue weighted by Crippen LogP contribution is 2.24. The van der Waals surface area contributed by atoms with E-state index in [-0.39, 0.29) is 11.3 Å². The summed E-state index contributed by atoms with van der Waals surface area (Å²) in [5.74, 6) is -0.630. The van der Waals surface area contributed by atoms with Gasteiger partial charge in [0.25, 0.3) is 5.91 Å². The van der Waals surface area contributed by atoms with Gasteiger partial charge in [0.05, 0.1) is 30.0 Å². The lowest BCUT2D eigenvalue weighted by atomic mass is 10.1. The van der Waals surface area contributed by atoms with E-state index in [0.29, 0.717) is 15.8 Å².